The Morgan fingerprint density at radius 2 is 1.76 bits per heavy atom. The molecule has 1 saturated carbocycles. The minimum absolute atomic E-state index is 0.110. The van der Waals surface area contributed by atoms with Crippen molar-refractivity contribution in [3.8, 4) is 0 Å². The van der Waals surface area contributed by atoms with Crippen molar-refractivity contribution >= 4 is 39.1 Å². The third-order valence-electron chi connectivity index (χ3n) is 7.21. The highest BCUT2D eigenvalue weighted by Gasteiger charge is 2.28. The van der Waals surface area contributed by atoms with Crippen LogP contribution in [0.5, 0.6) is 0 Å². The lowest BCUT2D eigenvalue weighted by atomic mass is 9.95. The topological polar surface area (TPSA) is 86.8 Å². The average molecular weight is 562 g/mol. The lowest BCUT2D eigenvalue weighted by molar-refractivity contribution is -0.141. The number of nitrogens with one attached hydrogen (secondary N) is 1. The molecule has 1 N–H and O–H groups in total. The van der Waals surface area contributed by atoms with E-state index in [2.05, 4.69) is 5.32 Å². The molecule has 0 bridgehead atoms. The van der Waals surface area contributed by atoms with E-state index < -0.39 is 16.1 Å². The number of anilines is 1. The summed E-state index contributed by atoms with van der Waals surface area (Å²) in [6, 6.07) is 12.5. The van der Waals surface area contributed by atoms with Gasteiger partial charge in [-0.1, -0.05) is 66.8 Å². The number of benzene rings is 2. The third kappa shape index (κ3) is 8.21. The zero-order valence-corrected chi connectivity index (χ0v) is 24.4. The van der Waals surface area contributed by atoms with Crippen LogP contribution in [0.2, 0.25) is 5.02 Å². The minimum atomic E-state index is -3.59. The summed E-state index contributed by atoms with van der Waals surface area (Å²) in [5.74, 6) is -0.334. The lowest BCUT2D eigenvalue weighted by Crippen LogP contribution is -2.50. The van der Waals surface area contributed by atoms with Gasteiger partial charge in [0.15, 0.2) is 0 Å². The molecule has 2 amide bonds. The molecule has 0 radical (unpaired) electrons. The number of hydrogen-bond acceptors (Lipinski definition) is 4. The molecule has 1 atom stereocenters. The van der Waals surface area contributed by atoms with E-state index in [0.29, 0.717) is 29.2 Å². The predicted molar refractivity (Wildman–Crippen MR) is 154 cm³/mol. The maximum atomic E-state index is 13.5. The molecule has 0 unspecified atom stereocenters. The molecule has 1 aliphatic rings. The van der Waals surface area contributed by atoms with Crippen LogP contribution >= 0.6 is 11.6 Å². The Labute approximate surface area is 232 Å². The highest BCUT2D eigenvalue weighted by molar-refractivity contribution is 7.92. The van der Waals surface area contributed by atoms with Crippen molar-refractivity contribution in [2.24, 2.45) is 0 Å². The van der Waals surface area contributed by atoms with Crippen LogP contribution < -0.4 is 9.62 Å². The molecule has 7 nitrogen and oxygen atoms in total. The maximum absolute atomic E-state index is 13.5. The Hall–Kier alpha value is -2.58. The Kier molecular flexibility index (Phi) is 10.6. The first kappa shape index (κ1) is 30.0. The van der Waals surface area contributed by atoms with Crippen molar-refractivity contribution < 1.29 is 18.0 Å². The number of hydrogen-bond donors (Lipinski definition) is 1. The first-order valence-corrected chi connectivity index (χ1v) is 15.6. The number of carbonyl (C=O) groups excluding carboxylic acids is 2. The zero-order chi connectivity index (χ0) is 27.9. The summed E-state index contributed by atoms with van der Waals surface area (Å²) >= 11 is 6.24. The first-order valence-electron chi connectivity index (χ1n) is 13.4. The van der Waals surface area contributed by atoms with Gasteiger partial charge in [0, 0.05) is 30.6 Å². The monoisotopic (exact) mass is 561 g/mol. The second kappa shape index (κ2) is 13.5. The smallest absolute Gasteiger partial charge is 0.242 e. The van der Waals surface area contributed by atoms with Gasteiger partial charge in [-0.05, 0) is 63.3 Å². The molecule has 1 aliphatic carbocycles. The van der Waals surface area contributed by atoms with Crippen molar-refractivity contribution in [3.63, 3.8) is 0 Å². The Bertz CT molecular complexity index is 1230. The van der Waals surface area contributed by atoms with Gasteiger partial charge in [-0.15, -0.1) is 0 Å². The van der Waals surface area contributed by atoms with Crippen molar-refractivity contribution in [2.45, 2.75) is 84.3 Å². The molecule has 2 aromatic carbocycles. The molecule has 0 spiro atoms. The fourth-order valence-corrected chi connectivity index (χ4v) is 6.19. The summed E-state index contributed by atoms with van der Waals surface area (Å²) < 4.78 is 26.5. The molecule has 38 heavy (non-hydrogen) atoms. The summed E-state index contributed by atoms with van der Waals surface area (Å²) in [5, 5.41) is 3.63. The van der Waals surface area contributed by atoms with Gasteiger partial charge in [-0.25, -0.2) is 8.42 Å². The Morgan fingerprint density at radius 3 is 2.42 bits per heavy atom. The number of carbonyl (C=O) groups is 2. The van der Waals surface area contributed by atoms with Gasteiger partial charge in [0.05, 0.1) is 11.9 Å². The summed E-state index contributed by atoms with van der Waals surface area (Å²) in [4.78, 5) is 28.3. The van der Waals surface area contributed by atoms with Crippen molar-refractivity contribution in [3.05, 3.63) is 64.2 Å². The van der Waals surface area contributed by atoms with E-state index in [1.807, 2.05) is 31.2 Å². The van der Waals surface area contributed by atoms with Crippen LogP contribution in [0.25, 0.3) is 0 Å². The summed E-state index contributed by atoms with van der Waals surface area (Å²) in [7, 11) is -3.59. The largest absolute Gasteiger partial charge is 0.352 e. The Balaban J connectivity index is 1.74. The number of amides is 2. The summed E-state index contributed by atoms with van der Waals surface area (Å²) in [6.07, 6.45) is 6.90. The number of sulfonamides is 1. The van der Waals surface area contributed by atoms with Crippen LogP contribution in [0.4, 0.5) is 5.69 Å². The molecule has 0 saturated heterocycles. The molecule has 1 fully saturated rings. The number of aryl methyl sites for hydroxylation is 1. The molecule has 0 heterocycles. The van der Waals surface area contributed by atoms with E-state index in [0.717, 1.165) is 43.1 Å². The van der Waals surface area contributed by atoms with Crippen molar-refractivity contribution in [1.29, 1.82) is 0 Å². The predicted octanol–water partition coefficient (Wildman–Crippen LogP) is 5.37. The number of halogens is 1. The summed E-state index contributed by atoms with van der Waals surface area (Å²) in [5.41, 5.74) is 3.20. The average Bonchev–Trinajstić information content (AvgIpc) is 2.86. The zero-order valence-electron chi connectivity index (χ0n) is 22.9. The quantitative estimate of drug-likeness (QED) is 0.399. The number of nitrogens with zero attached hydrogens (tertiary/aromatic N) is 2. The second-order valence-corrected chi connectivity index (χ2v) is 12.7. The molecule has 2 aromatic rings. The third-order valence-corrected chi connectivity index (χ3v) is 8.80. The molecule has 3 rings (SSSR count). The normalized spacial score (nSPS) is 15.1. The molecule has 208 valence electrons. The highest BCUT2D eigenvalue weighted by Crippen LogP contribution is 2.28. The first-order chi connectivity index (χ1) is 18.0. The number of rotatable bonds is 11. The van der Waals surface area contributed by atoms with Crippen LogP contribution in [0.15, 0.2) is 42.5 Å². The van der Waals surface area contributed by atoms with E-state index in [1.165, 1.54) is 10.7 Å². The van der Waals surface area contributed by atoms with Crippen molar-refractivity contribution in [1.82, 2.24) is 10.2 Å². The van der Waals surface area contributed by atoms with Crippen LogP contribution in [-0.4, -0.2) is 50.0 Å². The van der Waals surface area contributed by atoms with Crippen LogP contribution in [0, 0.1) is 13.8 Å². The van der Waals surface area contributed by atoms with Crippen LogP contribution in [-0.2, 0) is 26.2 Å². The van der Waals surface area contributed by atoms with Crippen LogP contribution in [0.1, 0.15) is 68.6 Å². The molecular formula is C29H40ClN3O4S. The highest BCUT2D eigenvalue weighted by atomic mass is 35.5. The van der Waals surface area contributed by atoms with E-state index in [1.54, 1.807) is 36.9 Å². The fourth-order valence-electron chi connectivity index (χ4n) is 5.01. The van der Waals surface area contributed by atoms with Gasteiger partial charge >= 0.3 is 0 Å². The second-order valence-electron chi connectivity index (χ2n) is 10.4. The van der Waals surface area contributed by atoms with Crippen molar-refractivity contribution in [2.75, 3.05) is 17.1 Å². The molecule has 9 heteroatoms. The van der Waals surface area contributed by atoms with Gasteiger partial charge < -0.3 is 10.2 Å². The van der Waals surface area contributed by atoms with Gasteiger partial charge in [0.2, 0.25) is 21.8 Å². The van der Waals surface area contributed by atoms with E-state index in [9.17, 15) is 18.0 Å². The molecule has 0 aromatic heterocycles. The standard InChI is InChI=1S/C29H40ClN3O4S/c1-21-11-8-12-24(19-21)20-32(23(3)29(35)31-25-13-6-5-7-14-25)28(34)17-10-18-33(38(4,36)37)27-16-9-15-26(30)22(27)2/h8-9,11-12,15-16,19,23,25H,5-7,10,13-14,17-18,20H2,1-4H3,(H,31,35)/t23-/m1/s1. The minimum Gasteiger partial charge on any atom is -0.352 e. The molecule has 0 aliphatic heterocycles. The van der Waals surface area contributed by atoms with E-state index >= 15 is 0 Å². The SMILES string of the molecule is Cc1cccc(CN(C(=O)CCCN(c2cccc(Cl)c2C)S(C)(=O)=O)[C@H](C)C(=O)NC2CCCCC2)c1. The van der Waals surface area contributed by atoms with Gasteiger partial charge in [-0.3, -0.25) is 13.9 Å². The molecular weight excluding hydrogens is 522 g/mol. The summed E-state index contributed by atoms with van der Waals surface area (Å²) in [6.45, 7) is 5.98. The maximum Gasteiger partial charge on any atom is 0.242 e. The fraction of sp³-hybridized carbons (Fsp3) is 0.517. The van der Waals surface area contributed by atoms with Gasteiger partial charge in [0.25, 0.3) is 0 Å². The van der Waals surface area contributed by atoms with E-state index in [4.69, 9.17) is 11.6 Å². The van der Waals surface area contributed by atoms with Crippen LogP contribution in [0.3, 0.4) is 0 Å². The van der Waals surface area contributed by atoms with Gasteiger partial charge in [0.1, 0.15) is 6.04 Å². The Morgan fingerprint density at radius 1 is 1.08 bits per heavy atom. The lowest BCUT2D eigenvalue weighted by Gasteiger charge is -2.31. The van der Waals surface area contributed by atoms with E-state index in [-0.39, 0.29) is 30.8 Å². The van der Waals surface area contributed by atoms with Gasteiger partial charge in [-0.2, -0.15) is 0 Å².